The van der Waals surface area contributed by atoms with Gasteiger partial charge < -0.3 is 64.2 Å². The first kappa shape index (κ1) is 61.5. The van der Waals surface area contributed by atoms with Crippen LogP contribution in [0.2, 0.25) is 0 Å². The number of aliphatic hydroxyl groups is 7. The summed E-state index contributed by atoms with van der Waals surface area (Å²) >= 11 is 0. The maximum absolute atomic E-state index is 13.0. The lowest BCUT2D eigenvalue weighted by Crippen LogP contribution is -2.61. The van der Waals surface area contributed by atoms with E-state index in [9.17, 15) is 40.5 Å². The number of esters is 1. The highest BCUT2D eigenvalue weighted by molar-refractivity contribution is 5.69. The standard InChI is InChI=1S/C54H92O14/c1-3-5-7-9-11-13-15-17-19-21-22-24-26-28-30-32-34-36-38-63-40-43(66-46(56)37-35-33-31-29-27-25-23-20-18-16-14-12-10-8-6-4-2)41-64-53-52(62)50(60)48(58)45(68-53)42-65-54-51(61)49(59)47(57)44(39-55)67-54/h5,7,11,13,17,19-20,22-24,28,30,43-45,47-55,57-62H,3-4,6,8-10,12,14-16,18,21,25-27,29,31-42H2,1-2H3/b7-5-,13-11-,19-17-,23-20-,24-22-,30-28-. The largest absolute Gasteiger partial charge is 0.457 e. The molecule has 392 valence electrons. The maximum Gasteiger partial charge on any atom is 0.306 e. The van der Waals surface area contributed by atoms with Gasteiger partial charge in [0.25, 0.3) is 0 Å². The SMILES string of the molecule is CC/C=C\C/C=C\C/C=C\C/C=C\C/C=C\CCCCOCC(COC1OC(COC2OC(CO)C(O)C(O)C2O)C(O)C(O)C1O)OC(=O)CCCCCCC/C=C\CCCCCCCCC. The van der Waals surface area contributed by atoms with Crippen molar-refractivity contribution >= 4 is 5.97 Å². The summed E-state index contributed by atoms with van der Waals surface area (Å²) in [5.74, 6) is -0.403. The highest BCUT2D eigenvalue weighted by Crippen LogP contribution is 2.26. The van der Waals surface area contributed by atoms with E-state index in [4.69, 9.17) is 28.4 Å². The van der Waals surface area contributed by atoms with E-state index in [0.29, 0.717) is 13.0 Å². The summed E-state index contributed by atoms with van der Waals surface area (Å²) in [4.78, 5) is 13.0. The predicted octanol–water partition coefficient (Wildman–Crippen LogP) is 7.90. The summed E-state index contributed by atoms with van der Waals surface area (Å²) in [7, 11) is 0. The van der Waals surface area contributed by atoms with E-state index in [1.807, 2.05) is 0 Å². The molecular formula is C54H92O14. The monoisotopic (exact) mass is 965 g/mol. The van der Waals surface area contributed by atoms with Crippen molar-refractivity contribution in [2.75, 3.05) is 33.0 Å². The Morgan fingerprint density at radius 2 is 0.956 bits per heavy atom. The van der Waals surface area contributed by atoms with E-state index < -0.39 is 86.7 Å². The van der Waals surface area contributed by atoms with Gasteiger partial charge in [0.05, 0.1) is 26.4 Å². The van der Waals surface area contributed by atoms with E-state index in [1.54, 1.807) is 0 Å². The van der Waals surface area contributed by atoms with Crippen LogP contribution in [0.25, 0.3) is 0 Å². The van der Waals surface area contributed by atoms with Gasteiger partial charge in [-0.3, -0.25) is 4.79 Å². The van der Waals surface area contributed by atoms with Gasteiger partial charge in [0.1, 0.15) is 54.9 Å². The van der Waals surface area contributed by atoms with E-state index >= 15 is 0 Å². The fraction of sp³-hybridized carbons (Fsp3) is 0.759. The molecule has 7 N–H and O–H groups in total. The van der Waals surface area contributed by atoms with Crippen LogP contribution >= 0.6 is 0 Å². The van der Waals surface area contributed by atoms with Crippen LogP contribution < -0.4 is 0 Å². The Morgan fingerprint density at radius 1 is 0.500 bits per heavy atom. The van der Waals surface area contributed by atoms with Crippen molar-refractivity contribution < 1.29 is 69.0 Å². The van der Waals surface area contributed by atoms with E-state index in [2.05, 4.69) is 86.8 Å². The smallest absolute Gasteiger partial charge is 0.306 e. The fourth-order valence-corrected chi connectivity index (χ4v) is 7.72. The molecule has 14 nitrogen and oxygen atoms in total. The zero-order chi connectivity index (χ0) is 49.5. The van der Waals surface area contributed by atoms with Crippen LogP contribution in [0.1, 0.15) is 162 Å². The van der Waals surface area contributed by atoms with Crippen LogP contribution in [0.15, 0.2) is 72.9 Å². The average molecular weight is 965 g/mol. The van der Waals surface area contributed by atoms with Gasteiger partial charge in [0.15, 0.2) is 12.6 Å². The van der Waals surface area contributed by atoms with Crippen LogP contribution in [0.5, 0.6) is 0 Å². The quantitative estimate of drug-likeness (QED) is 0.0177. The van der Waals surface area contributed by atoms with E-state index in [-0.39, 0.29) is 19.6 Å². The number of hydrogen-bond donors (Lipinski definition) is 7. The molecule has 2 saturated heterocycles. The Hall–Kier alpha value is -2.57. The number of unbranched alkanes of at least 4 members (excludes halogenated alkanes) is 14. The summed E-state index contributed by atoms with van der Waals surface area (Å²) < 4.78 is 34.2. The summed E-state index contributed by atoms with van der Waals surface area (Å²) in [6.07, 6.45) is 33.9. The molecule has 14 heteroatoms. The lowest BCUT2D eigenvalue weighted by Gasteiger charge is -2.42. The number of aliphatic hydroxyl groups excluding tert-OH is 7. The minimum absolute atomic E-state index is 0.0253. The van der Waals surface area contributed by atoms with Gasteiger partial charge in [-0.25, -0.2) is 0 Å². The lowest BCUT2D eigenvalue weighted by molar-refractivity contribution is -0.332. The van der Waals surface area contributed by atoms with Crippen LogP contribution in [0, 0.1) is 0 Å². The minimum atomic E-state index is -1.72. The van der Waals surface area contributed by atoms with Crippen molar-refractivity contribution in [2.45, 2.75) is 229 Å². The molecule has 0 spiro atoms. The van der Waals surface area contributed by atoms with Gasteiger partial charge in [0, 0.05) is 13.0 Å². The Labute approximate surface area is 408 Å². The molecule has 11 unspecified atom stereocenters. The third kappa shape index (κ3) is 28.3. The van der Waals surface area contributed by atoms with Crippen LogP contribution in [-0.4, -0.2) is 142 Å². The Kier molecular flexibility index (Phi) is 37.2. The van der Waals surface area contributed by atoms with Crippen LogP contribution in [0.4, 0.5) is 0 Å². The molecule has 2 fully saturated rings. The van der Waals surface area contributed by atoms with Crippen LogP contribution in [-0.2, 0) is 33.2 Å². The van der Waals surface area contributed by atoms with Crippen molar-refractivity contribution in [1.82, 2.24) is 0 Å². The normalized spacial score (nSPS) is 26.5. The molecule has 68 heavy (non-hydrogen) atoms. The van der Waals surface area contributed by atoms with Crippen LogP contribution in [0.3, 0.4) is 0 Å². The van der Waals surface area contributed by atoms with Crippen molar-refractivity contribution in [3.05, 3.63) is 72.9 Å². The zero-order valence-electron chi connectivity index (χ0n) is 41.6. The van der Waals surface area contributed by atoms with Gasteiger partial charge in [-0.05, 0) is 83.5 Å². The fourth-order valence-electron chi connectivity index (χ4n) is 7.72. The second-order valence-electron chi connectivity index (χ2n) is 18.0. The van der Waals surface area contributed by atoms with Gasteiger partial charge in [-0.1, -0.05) is 145 Å². The Balaban J connectivity index is 1.80. The molecule has 2 rings (SSSR count). The van der Waals surface area contributed by atoms with Crippen molar-refractivity contribution in [2.24, 2.45) is 0 Å². The molecule has 0 amide bonds. The second-order valence-corrected chi connectivity index (χ2v) is 18.0. The number of rotatable bonds is 40. The number of allylic oxidation sites excluding steroid dienone is 12. The predicted molar refractivity (Wildman–Crippen MR) is 265 cm³/mol. The van der Waals surface area contributed by atoms with Crippen molar-refractivity contribution in [3.63, 3.8) is 0 Å². The molecule has 0 aromatic rings. The molecule has 2 heterocycles. The number of ether oxygens (including phenoxy) is 6. The maximum atomic E-state index is 13.0. The van der Waals surface area contributed by atoms with Gasteiger partial charge in [0.2, 0.25) is 0 Å². The highest BCUT2D eigenvalue weighted by Gasteiger charge is 2.47. The molecule has 2 aliphatic heterocycles. The Morgan fingerprint density at radius 3 is 1.51 bits per heavy atom. The summed E-state index contributed by atoms with van der Waals surface area (Å²) in [5, 5.41) is 72.1. The molecule has 0 aromatic heterocycles. The molecule has 0 aliphatic carbocycles. The zero-order valence-corrected chi connectivity index (χ0v) is 41.6. The molecular weight excluding hydrogens is 873 g/mol. The third-order valence-corrected chi connectivity index (χ3v) is 11.9. The first-order valence-electron chi connectivity index (χ1n) is 26.0. The minimum Gasteiger partial charge on any atom is -0.457 e. The Bertz CT molecular complexity index is 1400. The molecule has 0 bridgehead atoms. The van der Waals surface area contributed by atoms with Crippen molar-refractivity contribution in [3.8, 4) is 0 Å². The van der Waals surface area contributed by atoms with Gasteiger partial charge in [-0.15, -0.1) is 0 Å². The number of carbonyl (C=O) groups is 1. The van der Waals surface area contributed by atoms with Crippen molar-refractivity contribution in [1.29, 1.82) is 0 Å². The summed E-state index contributed by atoms with van der Waals surface area (Å²) in [6.45, 7) is 3.43. The first-order valence-corrected chi connectivity index (χ1v) is 26.0. The second kappa shape index (κ2) is 41.1. The topological polar surface area (TPSA) is 214 Å². The van der Waals surface area contributed by atoms with E-state index in [1.165, 1.54) is 44.9 Å². The molecule has 0 aromatic carbocycles. The number of carbonyl (C=O) groups excluding carboxylic acids is 1. The van der Waals surface area contributed by atoms with Gasteiger partial charge in [-0.2, -0.15) is 0 Å². The highest BCUT2D eigenvalue weighted by atomic mass is 16.7. The first-order chi connectivity index (χ1) is 33.1. The summed E-state index contributed by atoms with van der Waals surface area (Å²) in [5.41, 5.74) is 0. The lowest BCUT2D eigenvalue weighted by atomic mass is 9.98. The molecule has 0 saturated carbocycles. The van der Waals surface area contributed by atoms with Gasteiger partial charge >= 0.3 is 5.97 Å². The molecule has 11 atom stereocenters. The summed E-state index contributed by atoms with van der Waals surface area (Å²) in [6, 6.07) is 0. The number of hydrogen-bond acceptors (Lipinski definition) is 14. The third-order valence-electron chi connectivity index (χ3n) is 11.9. The van der Waals surface area contributed by atoms with E-state index in [0.717, 1.165) is 89.9 Å². The molecule has 2 aliphatic rings. The molecule has 0 radical (unpaired) electrons. The average Bonchev–Trinajstić information content (AvgIpc) is 3.33.